The first-order chi connectivity index (χ1) is 9.51. The monoisotopic (exact) mass is 299 g/mol. The summed E-state index contributed by atoms with van der Waals surface area (Å²) in [6.07, 6.45) is 3.66. The molecule has 0 spiro atoms. The van der Waals surface area contributed by atoms with Gasteiger partial charge in [0.05, 0.1) is 6.61 Å². The van der Waals surface area contributed by atoms with E-state index in [0.29, 0.717) is 11.7 Å². The van der Waals surface area contributed by atoms with E-state index < -0.39 is 0 Å². The molecule has 20 heavy (non-hydrogen) atoms. The summed E-state index contributed by atoms with van der Waals surface area (Å²) in [5.41, 5.74) is 0.764. The van der Waals surface area contributed by atoms with E-state index in [1.165, 1.54) is 0 Å². The van der Waals surface area contributed by atoms with Crippen molar-refractivity contribution in [2.75, 3.05) is 18.5 Å². The second-order valence-electron chi connectivity index (χ2n) is 5.37. The zero-order chi connectivity index (χ0) is 15.2. The average molecular weight is 300 g/mol. The van der Waals surface area contributed by atoms with Crippen LogP contribution in [0.2, 0.25) is 5.15 Å². The van der Waals surface area contributed by atoms with Crippen LogP contribution in [-0.4, -0.2) is 28.2 Å². The highest BCUT2D eigenvalue weighted by molar-refractivity contribution is 6.30. The van der Waals surface area contributed by atoms with Crippen LogP contribution in [0.3, 0.4) is 0 Å². The molecule has 0 fully saturated rings. The first-order valence-corrected chi connectivity index (χ1v) is 7.77. The molecule has 0 unspecified atom stereocenters. The Balaban J connectivity index is 2.91. The second kappa shape index (κ2) is 7.79. The molecule has 0 radical (unpaired) electrons. The molecule has 1 aromatic rings. The smallest absolute Gasteiger partial charge is 0.137 e. The number of nitrogens with zero attached hydrogens (tertiary/aromatic N) is 2. The maximum absolute atomic E-state index is 9.62. The molecule has 0 saturated carbocycles. The summed E-state index contributed by atoms with van der Waals surface area (Å²) < 4.78 is 0. The van der Waals surface area contributed by atoms with Gasteiger partial charge in [0, 0.05) is 23.9 Å². The number of aliphatic hydroxyl groups excluding tert-OH is 1. The average Bonchev–Trinajstić information content (AvgIpc) is 2.46. The lowest BCUT2D eigenvalue weighted by molar-refractivity contribution is 0.127. The standard InChI is InChI=1S/C15H26ClN3O/c1-5-8-12-18-13(16)11(4)14(19-12)17-9-15(6-2,7-3)10-20/h20H,5-10H2,1-4H3,(H,17,18,19). The van der Waals surface area contributed by atoms with Gasteiger partial charge >= 0.3 is 0 Å². The van der Waals surface area contributed by atoms with E-state index in [2.05, 4.69) is 36.1 Å². The molecule has 1 rings (SSSR count). The summed E-state index contributed by atoms with van der Waals surface area (Å²) in [4.78, 5) is 8.83. The number of aliphatic hydroxyl groups is 1. The topological polar surface area (TPSA) is 58.0 Å². The molecule has 0 aliphatic heterocycles. The molecule has 1 aromatic heterocycles. The van der Waals surface area contributed by atoms with Crippen molar-refractivity contribution in [1.82, 2.24) is 9.97 Å². The van der Waals surface area contributed by atoms with Crippen LogP contribution in [0.25, 0.3) is 0 Å². The molecule has 114 valence electrons. The molecular weight excluding hydrogens is 274 g/mol. The Hall–Kier alpha value is -0.870. The zero-order valence-electron chi connectivity index (χ0n) is 13.0. The van der Waals surface area contributed by atoms with Gasteiger partial charge in [0.1, 0.15) is 16.8 Å². The van der Waals surface area contributed by atoms with Crippen molar-refractivity contribution in [3.63, 3.8) is 0 Å². The lowest BCUT2D eigenvalue weighted by atomic mass is 9.83. The summed E-state index contributed by atoms with van der Waals surface area (Å²) >= 11 is 6.17. The predicted molar refractivity (Wildman–Crippen MR) is 84.4 cm³/mol. The summed E-state index contributed by atoms with van der Waals surface area (Å²) in [5.74, 6) is 1.56. The van der Waals surface area contributed by atoms with E-state index in [1.807, 2.05) is 6.92 Å². The van der Waals surface area contributed by atoms with Crippen molar-refractivity contribution >= 4 is 17.4 Å². The molecule has 0 amide bonds. The molecule has 0 atom stereocenters. The van der Waals surface area contributed by atoms with Crippen LogP contribution in [0.1, 0.15) is 51.4 Å². The summed E-state index contributed by atoms with van der Waals surface area (Å²) in [7, 11) is 0. The molecular formula is C15H26ClN3O. The van der Waals surface area contributed by atoms with Gasteiger partial charge in [0.2, 0.25) is 0 Å². The minimum Gasteiger partial charge on any atom is -0.396 e. The largest absolute Gasteiger partial charge is 0.396 e. The maximum Gasteiger partial charge on any atom is 0.137 e. The highest BCUT2D eigenvalue weighted by Gasteiger charge is 2.25. The molecule has 0 bridgehead atoms. The first kappa shape index (κ1) is 17.2. The fourth-order valence-corrected chi connectivity index (χ4v) is 2.28. The maximum atomic E-state index is 9.62. The van der Waals surface area contributed by atoms with Crippen molar-refractivity contribution in [1.29, 1.82) is 0 Å². The second-order valence-corrected chi connectivity index (χ2v) is 5.73. The quantitative estimate of drug-likeness (QED) is 0.720. The first-order valence-electron chi connectivity index (χ1n) is 7.39. The van der Waals surface area contributed by atoms with Crippen molar-refractivity contribution in [2.24, 2.45) is 5.41 Å². The molecule has 5 heteroatoms. The lowest BCUT2D eigenvalue weighted by Gasteiger charge is -2.30. The SMILES string of the molecule is CCCc1nc(Cl)c(C)c(NCC(CC)(CC)CO)n1. The number of hydrogen-bond donors (Lipinski definition) is 2. The van der Waals surface area contributed by atoms with Crippen LogP contribution < -0.4 is 5.32 Å². The van der Waals surface area contributed by atoms with Crippen molar-refractivity contribution < 1.29 is 5.11 Å². The van der Waals surface area contributed by atoms with Crippen LogP contribution in [0.15, 0.2) is 0 Å². The Bertz CT molecular complexity index is 425. The number of aryl methyl sites for hydroxylation is 1. The van der Waals surface area contributed by atoms with E-state index in [1.54, 1.807) is 0 Å². The van der Waals surface area contributed by atoms with Crippen LogP contribution >= 0.6 is 11.6 Å². The molecule has 2 N–H and O–H groups in total. The van der Waals surface area contributed by atoms with E-state index in [0.717, 1.165) is 42.9 Å². The van der Waals surface area contributed by atoms with Gasteiger partial charge in [-0.25, -0.2) is 9.97 Å². The van der Waals surface area contributed by atoms with Crippen LogP contribution in [0, 0.1) is 12.3 Å². The normalized spacial score (nSPS) is 11.7. The van der Waals surface area contributed by atoms with Gasteiger partial charge in [-0.05, 0) is 26.2 Å². The number of rotatable bonds is 8. The van der Waals surface area contributed by atoms with E-state index in [9.17, 15) is 5.11 Å². The van der Waals surface area contributed by atoms with Gasteiger partial charge in [0.25, 0.3) is 0 Å². The van der Waals surface area contributed by atoms with E-state index in [-0.39, 0.29) is 12.0 Å². The molecule has 1 heterocycles. The summed E-state index contributed by atoms with van der Waals surface area (Å²) in [6.45, 7) is 9.07. The van der Waals surface area contributed by atoms with Crippen molar-refractivity contribution in [3.05, 3.63) is 16.5 Å². The Labute approximate surface area is 127 Å². The minimum atomic E-state index is -0.102. The Kier molecular flexibility index (Phi) is 6.69. The Morgan fingerprint density at radius 3 is 2.35 bits per heavy atom. The van der Waals surface area contributed by atoms with E-state index >= 15 is 0 Å². The van der Waals surface area contributed by atoms with Crippen LogP contribution in [-0.2, 0) is 6.42 Å². The number of halogens is 1. The highest BCUT2D eigenvalue weighted by atomic mass is 35.5. The van der Waals surface area contributed by atoms with E-state index in [4.69, 9.17) is 11.6 Å². The molecule has 0 aliphatic carbocycles. The molecule has 4 nitrogen and oxygen atoms in total. The third-order valence-electron chi connectivity index (χ3n) is 4.07. The third-order valence-corrected chi connectivity index (χ3v) is 4.44. The Morgan fingerprint density at radius 1 is 1.20 bits per heavy atom. The zero-order valence-corrected chi connectivity index (χ0v) is 13.7. The fourth-order valence-electron chi connectivity index (χ4n) is 2.09. The van der Waals surface area contributed by atoms with Gasteiger partial charge in [-0.3, -0.25) is 0 Å². The molecule has 0 saturated heterocycles. The third kappa shape index (κ3) is 4.06. The van der Waals surface area contributed by atoms with Crippen LogP contribution in [0.5, 0.6) is 0 Å². The fraction of sp³-hybridized carbons (Fsp3) is 0.733. The van der Waals surface area contributed by atoms with Gasteiger partial charge < -0.3 is 10.4 Å². The summed E-state index contributed by atoms with van der Waals surface area (Å²) in [6, 6.07) is 0. The van der Waals surface area contributed by atoms with Gasteiger partial charge in [-0.2, -0.15) is 0 Å². The number of aromatic nitrogens is 2. The van der Waals surface area contributed by atoms with Gasteiger partial charge in [-0.1, -0.05) is 32.4 Å². The predicted octanol–water partition coefficient (Wildman–Crippen LogP) is 3.60. The summed E-state index contributed by atoms with van der Waals surface area (Å²) in [5, 5.41) is 13.5. The van der Waals surface area contributed by atoms with Crippen LogP contribution in [0.4, 0.5) is 5.82 Å². The van der Waals surface area contributed by atoms with Crippen molar-refractivity contribution in [2.45, 2.75) is 53.4 Å². The number of anilines is 1. The number of nitrogens with one attached hydrogen (secondary N) is 1. The minimum absolute atomic E-state index is 0.102. The van der Waals surface area contributed by atoms with Gasteiger partial charge in [0.15, 0.2) is 0 Å². The van der Waals surface area contributed by atoms with Gasteiger partial charge in [-0.15, -0.1) is 0 Å². The highest BCUT2D eigenvalue weighted by Crippen LogP contribution is 2.27. The molecule has 0 aromatic carbocycles. The number of hydrogen-bond acceptors (Lipinski definition) is 4. The van der Waals surface area contributed by atoms with Crippen molar-refractivity contribution in [3.8, 4) is 0 Å². The lowest BCUT2D eigenvalue weighted by Crippen LogP contribution is -2.32. The molecule has 0 aliphatic rings. The Morgan fingerprint density at radius 2 is 1.85 bits per heavy atom.